The zero-order valence-corrected chi connectivity index (χ0v) is 17.2. The Morgan fingerprint density at radius 2 is 1.72 bits per heavy atom. The van der Waals surface area contributed by atoms with Crippen molar-refractivity contribution < 1.29 is 23.5 Å². The number of benzene rings is 3. The summed E-state index contributed by atoms with van der Waals surface area (Å²) in [6.07, 6.45) is 1.53. The lowest BCUT2D eigenvalue weighted by Crippen LogP contribution is -2.10. The molecule has 0 radical (unpaired) electrons. The number of ether oxygens (including phenoxy) is 2. The molecular weight excluding hydrogens is 412 g/mol. The van der Waals surface area contributed by atoms with E-state index < -0.39 is 17.4 Å². The molecule has 0 atom stereocenters. The van der Waals surface area contributed by atoms with E-state index in [0.717, 1.165) is 5.69 Å². The van der Waals surface area contributed by atoms with Crippen LogP contribution in [0.3, 0.4) is 0 Å². The topological polar surface area (TPSA) is 107 Å². The monoisotopic (exact) mass is 430 g/mol. The number of anilines is 1. The van der Waals surface area contributed by atoms with Crippen LogP contribution in [0.15, 0.2) is 75.0 Å². The number of hydrogen-bond donors (Lipinski definition) is 1. The first-order valence-electron chi connectivity index (χ1n) is 9.67. The highest BCUT2D eigenvalue weighted by molar-refractivity contribution is 6.01. The van der Waals surface area contributed by atoms with Gasteiger partial charge in [0.25, 0.3) is 0 Å². The number of hydrogen-bond acceptors (Lipinski definition) is 8. The smallest absolute Gasteiger partial charge is 0.308 e. The minimum absolute atomic E-state index is 0.0493. The Hall–Kier alpha value is -4.46. The summed E-state index contributed by atoms with van der Waals surface area (Å²) in [5.41, 5.74) is 4.26. The Morgan fingerprint density at radius 3 is 2.44 bits per heavy atom. The van der Waals surface area contributed by atoms with Gasteiger partial charge in [0.1, 0.15) is 28.1 Å². The van der Waals surface area contributed by atoms with E-state index in [-0.39, 0.29) is 33.4 Å². The average Bonchev–Trinajstić information content (AvgIpc) is 2.74. The lowest BCUT2D eigenvalue weighted by Gasteiger charge is -2.10. The molecule has 0 aliphatic rings. The van der Waals surface area contributed by atoms with E-state index in [9.17, 15) is 14.4 Å². The van der Waals surface area contributed by atoms with E-state index in [0.29, 0.717) is 5.56 Å². The SMILES string of the molecule is CC(=O)Oc1cc(OC(C)=O)c2c(=O)c3cccc(/C=N/Nc4ccccc4)c3oc2c1. The van der Waals surface area contributed by atoms with E-state index in [1.165, 1.54) is 32.2 Å². The number of carbonyl (C=O) groups is 2. The maximum absolute atomic E-state index is 13.3. The highest BCUT2D eigenvalue weighted by atomic mass is 16.5. The van der Waals surface area contributed by atoms with Crippen LogP contribution in [0.2, 0.25) is 0 Å². The van der Waals surface area contributed by atoms with Gasteiger partial charge in [-0.25, -0.2) is 0 Å². The van der Waals surface area contributed by atoms with Gasteiger partial charge in [-0.15, -0.1) is 0 Å². The Morgan fingerprint density at radius 1 is 0.969 bits per heavy atom. The van der Waals surface area contributed by atoms with E-state index in [1.807, 2.05) is 30.3 Å². The fourth-order valence-corrected chi connectivity index (χ4v) is 3.21. The standard InChI is InChI=1S/C24H18N2O6/c1-14(27)30-18-11-20(31-15(2)28)22-21(12-18)32-24-16(7-6-10-19(24)23(22)29)13-25-26-17-8-4-3-5-9-17/h3-13,26H,1-2H3/b25-13+. The molecule has 0 aliphatic carbocycles. The Labute approximate surface area is 182 Å². The van der Waals surface area contributed by atoms with Crippen LogP contribution >= 0.6 is 0 Å². The van der Waals surface area contributed by atoms with Crippen LogP contribution in [-0.4, -0.2) is 18.2 Å². The van der Waals surface area contributed by atoms with Crippen molar-refractivity contribution in [3.63, 3.8) is 0 Å². The van der Waals surface area contributed by atoms with Crippen molar-refractivity contribution in [1.29, 1.82) is 0 Å². The first-order valence-corrected chi connectivity index (χ1v) is 9.67. The highest BCUT2D eigenvalue weighted by Gasteiger charge is 2.18. The third-order valence-corrected chi connectivity index (χ3v) is 4.46. The molecule has 1 heterocycles. The van der Waals surface area contributed by atoms with Gasteiger partial charge >= 0.3 is 11.9 Å². The van der Waals surface area contributed by atoms with Gasteiger partial charge in [-0.05, 0) is 24.3 Å². The van der Waals surface area contributed by atoms with Gasteiger partial charge in [0.15, 0.2) is 0 Å². The largest absolute Gasteiger partial charge is 0.455 e. The fourth-order valence-electron chi connectivity index (χ4n) is 3.21. The lowest BCUT2D eigenvalue weighted by atomic mass is 10.1. The van der Waals surface area contributed by atoms with Crippen molar-refractivity contribution in [3.05, 3.63) is 76.5 Å². The number of nitrogens with one attached hydrogen (secondary N) is 1. The summed E-state index contributed by atoms with van der Waals surface area (Å²) < 4.78 is 16.3. The average molecular weight is 430 g/mol. The van der Waals surface area contributed by atoms with Crippen molar-refractivity contribution in [2.24, 2.45) is 5.10 Å². The first kappa shape index (κ1) is 20.8. The van der Waals surface area contributed by atoms with Crippen LogP contribution in [0.4, 0.5) is 5.69 Å². The highest BCUT2D eigenvalue weighted by Crippen LogP contribution is 2.32. The molecule has 1 N–H and O–H groups in total. The summed E-state index contributed by atoms with van der Waals surface area (Å²) in [4.78, 5) is 36.2. The van der Waals surface area contributed by atoms with Gasteiger partial charge in [0.2, 0.25) is 5.43 Å². The zero-order chi connectivity index (χ0) is 22.7. The molecule has 160 valence electrons. The normalized spacial score (nSPS) is 11.1. The molecule has 8 nitrogen and oxygen atoms in total. The van der Waals surface area contributed by atoms with Crippen molar-refractivity contribution in [3.8, 4) is 11.5 Å². The predicted octanol–water partition coefficient (Wildman–Crippen LogP) is 4.24. The van der Waals surface area contributed by atoms with E-state index in [2.05, 4.69) is 10.5 Å². The van der Waals surface area contributed by atoms with Crippen molar-refractivity contribution in [2.45, 2.75) is 13.8 Å². The van der Waals surface area contributed by atoms with Gasteiger partial charge in [0, 0.05) is 31.5 Å². The lowest BCUT2D eigenvalue weighted by molar-refractivity contribution is -0.132. The molecule has 4 rings (SSSR count). The maximum Gasteiger partial charge on any atom is 0.308 e. The van der Waals surface area contributed by atoms with Crippen LogP contribution in [0, 0.1) is 0 Å². The summed E-state index contributed by atoms with van der Waals surface area (Å²) in [6.45, 7) is 2.45. The number of rotatable bonds is 5. The second-order valence-electron chi connectivity index (χ2n) is 6.87. The molecule has 0 saturated heterocycles. The molecule has 4 aromatic rings. The number of hydrazone groups is 1. The number of esters is 2. The molecule has 1 aromatic heterocycles. The first-order chi connectivity index (χ1) is 15.4. The van der Waals surface area contributed by atoms with Gasteiger partial charge in [-0.1, -0.05) is 24.3 Å². The summed E-state index contributed by atoms with van der Waals surface area (Å²) in [5, 5.41) is 4.57. The number of fused-ring (bicyclic) bond motifs is 2. The van der Waals surface area contributed by atoms with Gasteiger partial charge in [0.05, 0.1) is 17.3 Å². The Balaban J connectivity index is 1.87. The van der Waals surface area contributed by atoms with Crippen molar-refractivity contribution >= 4 is 45.8 Å². The summed E-state index contributed by atoms with van der Waals surface area (Å²) in [5.74, 6) is -1.16. The molecule has 0 unspecified atom stereocenters. The van der Waals surface area contributed by atoms with Crippen molar-refractivity contribution in [1.82, 2.24) is 0 Å². The van der Waals surface area contributed by atoms with Crippen LogP contribution in [0.25, 0.3) is 21.9 Å². The maximum atomic E-state index is 13.3. The van der Waals surface area contributed by atoms with E-state index in [1.54, 1.807) is 18.2 Å². The fraction of sp³-hybridized carbons (Fsp3) is 0.0833. The van der Waals surface area contributed by atoms with Crippen LogP contribution in [-0.2, 0) is 9.59 Å². The molecule has 0 amide bonds. The molecule has 32 heavy (non-hydrogen) atoms. The molecule has 0 fully saturated rings. The third-order valence-electron chi connectivity index (χ3n) is 4.46. The van der Waals surface area contributed by atoms with Gasteiger partial charge < -0.3 is 13.9 Å². The van der Waals surface area contributed by atoms with Crippen LogP contribution in [0.5, 0.6) is 11.5 Å². The van der Waals surface area contributed by atoms with Gasteiger partial charge in [-0.3, -0.25) is 19.8 Å². The number of para-hydroxylation sites is 2. The molecule has 0 saturated carbocycles. The second kappa shape index (κ2) is 8.73. The minimum atomic E-state index is -0.626. The van der Waals surface area contributed by atoms with Crippen molar-refractivity contribution in [2.75, 3.05) is 5.43 Å². The van der Waals surface area contributed by atoms with E-state index >= 15 is 0 Å². The molecule has 8 heteroatoms. The van der Waals surface area contributed by atoms with Crippen LogP contribution in [0.1, 0.15) is 19.4 Å². The predicted molar refractivity (Wildman–Crippen MR) is 120 cm³/mol. The Bertz CT molecular complexity index is 1420. The summed E-state index contributed by atoms with van der Waals surface area (Å²) in [6, 6.07) is 17.1. The number of nitrogens with zero attached hydrogens (tertiary/aromatic N) is 1. The minimum Gasteiger partial charge on any atom is -0.455 e. The molecule has 0 spiro atoms. The second-order valence-corrected chi connectivity index (χ2v) is 6.87. The Kier molecular flexibility index (Phi) is 5.67. The molecule has 0 bridgehead atoms. The van der Waals surface area contributed by atoms with Crippen LogP contribution < -0.4 is 20.3 Å². The zero-order valence-electron chi connectivity index (χ0n) is 17.2. The molecule has 0 aliphatic heterocycles. The van der Waals surface area contributed by atoms with Gasteiger partial charge in [-0.2, -0.15) is 5.10 Å². The molecule has 3 aromatic carbocycles. The summed E-state index contributed by atoms with van der Waals surface area (Å²) >= 11 is 0. The number of carbonyl (C=O) groups excluding carboxylic acids is 2. The quantitative estimate of drug-likeness (QED) is 0.166. The summed E-state index contributed by atoms with van der Waals surface area (Å²) in [7, 11) is 0. The van der Waals surface area contributed by atoms with E-state index in [4.69, 9.17) is 13.9 Å². The third kappa shape index (κ3) is 4.34. The molecular formula is C24H18N2O6.